The lowest BCUT2D eigenvalue weighted by molar-refractivity contribution is -0.154. The Morgan fingerprint density at radius 3 is 2.89 bits per heavy atom. The molecule has 0 radical (unpaired) electrons. The number of anilines is 1. The van der Waals surface area contributed by atoms with E-state index in [0.29, 0.717) is 11.6 Å². The van der Waals surface area contributed by atoms with Gasteiger partial charge in [0.05, 0.1) is 7.11 Å². The zero-order valence-electron chi connectivity index (χ0n) is 11.0. The van der Waals surface area contributed by atoms with Crippen LogP contribution in [0.5, 0.6) is 5.75 Å². The van der Waals surface area contributed by atoms with Gasteiger partial charge in [0.15, 0.2) is 17.7 Å². The van der Waals surface area contributed by atoms with Crippen molar-refractivity contribution in [1.82, 2.24) is 4.98 Å². The van der Waals surface area contributed by atoms with Crippen LogP contribution < -0.4 is 10.1 Å². The van der Waals surface area contributed by atoms with Crippen molar-refractivity contribution < 1.29 is 19.1 Å². The van der Waals surface area contributed by atoms with Crippen LogP contribution in [0.1, 0.15) is 13.8 Å². The Bertz CT molecular complexity index is 501. The van der Waals surface area contributed by atoms with E-state index in [1.807, 2.05) is 13.8 Å². The molecular formula is C13H16N2O4. The number of esters is 1. The minimum atomic E-state index is -0.899. The summed E-state index contributed by atoms with van der Waals surface area (Å²) in [6, 6.07) is 3.40. The fourth-order valence-electron chi connectivity index (χ4n) is 2.08. The van der Waals surface area contributed by atoms with Gasteiger partial charge in [-0.2, -0.15) is 0 Å². The molecule has 19 heavy (non-hydrogen) atoms. The summed E-state index contributed by atoms with van der Waals surface area (Å²) in [6.45, 7) is 3.69. The SMILES string of the molecule is COC(=O)C(C(C)C)C1Oc2cccnc2NC1=O. The summed E-state index contributed by atoms with van der Waals surface area (Å²) in [5, 5.41) is 2.64. The van der Waals surface area contributed by atoms with E-state index in [-0.39, 0.29) is 11.8 Å². The molecule has 0 bridgehead atoms. The fourth-order valence-corrected chi connectivity index (χ4v) is 2.08. The Morgan fingerprint density at radius 2 is 2.26 bits per heavy atom. The molecule has 1 aliphatic heterocycles. The topological polar surface area (TPSA) is 77.5 Å². The zero-order chi connectivity index (χ0) is 14.0. The molecule has 0 fully saturated rings. The van der Waals surface area contributed by atoms with Gasteiger partial charge in [-0.15, -0.1) is 0 Å². The van der Waals surface area contributed by atoms with E-state index < -0.39 is 18.0 Å². The molecule has 0 saturated carbocycles. The number of carbonyl (C=O) groups excluding carboxylic acids is 2. The van der Waals surface area contributed by atoms with Crippen molar-refractivity contribution in [3.05, 3.63) is 18.3 Å². The van der Waals surface area contributed by atoms with Crippen molar-refractivity contribution in [1.29, 1.82) is 0 Å². The monoisotopic (exact) mass is 264 g/mol. The van der Waals surface area contributed by atoms with Gasteiger partial charge in [-0.05, 0) is 18.1 Å². The molecule has 6 nitrogen and oxygen atoms in total. The number of nitrogens with zero attached hydrogens (tertiary/aromatic N) is 1. The molecule has 2 unspecified atom stereocenters. The van der Waals surface area contributed by atoms with Crippen LogP contribution in [0.15, 0.2) is 18.3 Å². The Labute approximate surface area is 111 Å². The Balaban J connectivity index is 2.30. The van der Waals surface area contributed by atoms with Crippen molar-refractivity contribution >= 4 is 17.7 Å². The first-order chi connectivity index (χ1) is 9.04. The molecule has 0 aliphatic carbocycles. The third kappa shape index (κ3) is 2.52. The fraction of sp³-hybridized carbons (Fsp3) is 0.462. The van der Waals surface area contributed by atoms with Crippen LogP contribution >= 0.6 is 0 Å². The summed E-state index contributed by atoms with van der Waals surface area (Å²) in [5.74, 6) is -0.740. The van der Waals surface area contributed by atoms with Crippen LogP contribution in [0.2, 0.25) is 0 Å². The predicted octanol–water partition coefficient (Wildman–Crippen LogP) is 1.23. The van der Waals surface area contributed by atoms with Crippen molar-refractivity contribution in [2.75, 3.05) is 12.4 Å². The third-order valence-corrected chi connectivity index (χ3v) is 3.04. The lowest BCUT2D eigenvalue weighted by Crippen LogP contribution is -2.47. The van der Waals surface area contributed by atoms with Crippen LogP contribution in [-0.4, -0.2) is 30.1 Å². The molecule has 102 valence electrons. The second-order valence-corrected chi connectivity index (χ2v) is 4.67. The summed E-state index contributed by atoms with van der Waals surface area (Å²) in [4.78, 5) is 27.9. The second kappa shape index (κ2) is 5.26. The lowest BCUT2D eigenvalue weighted by atomic mass is 9.89. The first kappa shape index (κ1) is 13.3. The van der Waals surface area contributed by atoms with E-state index >= 15 is 0 Å². The highest BCUT2D eigenvalue weighted by Crippen LogP contribution is 2.31. The van der Waals surface area contributed by atoms with Gasteiger partial charge < -0.3 is 14.8 Å². The summed E-state index contributed by atoms with van der Waals surface area (Å²) in [5.41, 5.74) is 0. The molecular weight excluding hydrogens is 248 g/mol. The quantitative estimate of drug-likeness (QED) is 0.831. The average molecular weight is 264 g/mol. The van der Waals surface area contributed by atoms with Crippen LogP contribution in [0.4, 0.5) is 5.82 Å². The van der Waals surface area contributed by atoms with Crippen molar-refractivity contribution in [2.45, 2.75) is 20.0 Å². The number of hydrogen-bond acceptors (Lipinski definition) is 5. The highest BCUT2D eigenvalue weighted by molar-refractivity contribution is 5.99. The van der Waals surface area contributed by atoms with E-state index in [1.165, 1.54) is 7.11 Å². The molecule has 2 atom stereocenters. The van der Waals surface area contributed by atoms with Crippen molar-refractivity contribution in [3.63, 3.8) is 0 Å². The number of methoxy groups -OCH3 is 1. The minimum Gasteiger partial charge on any atom is -0.476 e. The molecule has 2 rings (SSSR count). The number of aromatic nitrogens is 1. The van der Waals surface area contributed by atoms with Crippen molar-refractivity contribution in [3.8, 4) is 5.75 Å². The van der Waals surface area contributed by atoms with Gasteiger partial charge >= 0.3 is 5.97 Å². The molecule has 6 heteroatoms. The first-order valence-electron chi connectivity index (χ1n) is 6.05. The van der Waals surface area contributed by atoms with Crippen LogP contribution in [0, 0.1) is 11.8 Å². The van der Waals surface area contributed by atoms with E-state index in [4.69, 9.17) is 9.47 Å². The Hall–Kier alpha value is -2.11. The number of hydrogen-bond donors (Lipinski definition) is 1. The van der Waals surface area contributed by atoms with Gasteiger partial charge in [0.25, 0.3) is 5.91 Å². The van der Waals surface area contributed by atoms with Crippen LogP contribution in [0.3, 0.4) is 0 Å². The molecule has 0 spiro atoms. The molecule has 1 aromatic rings. The highest BCUT2D eigenvalue weighted by Gasteiger charge is 2.41. The third-order valence-electron chi connectivity index (χ3n) is 3.04. The van der Waals surface area contributed by atoms with E-state index in [0.717, 1.165) is 0 Å². The standard InChI is InChI=1S/C13H16N2O4/c1-7(2)9(13(17)18-3)10-12(16)15-11-8(19-10)5-4-6-14-11/h4-7,9-10H,1-3H3,(H,14,15,16). The van der Waals surface area contributed by atoms with E-state index in [9.17, 15) is 9.59 Å². The van der Waals surface area contributed by atoms with Gasteiger partial charge in [0, 0.05) is 6.20 Å². The largest absolute Gasteiger partial charge is 0.476 e. The van der Waals surface area contributed by atoms with Crippen LogP contribution in [0.25, 0.3) is 0 Å². The predicted molar refractivity (Wildman–Crippen MR) is 67.6 cm³/mol. The number of rotatable bonds is 3. The second-order valence-electron chi connectivity index (χ2n) is 4.67. The van der Waals surface area contributed by atoms with E-state index in [2.05, 4.69) is 10.3 Å². The Kier molecular flexibility index (Phi) is 3.69. The first-order valence-corrected chi connectivity index (χ1v) is 6.05. The van der Waals surface area contributed by atoms with Gasteiger partial charge in [-0.1, -0.05) is 13.8 Å². The summed E-state index contributed by atoms with van der Waals surface area (Å²) in [7, 11) is 1.30. The summed E-state index contributed by atoms with van der Waals surface area (Å²) < 4.78 is 10.4. The normalized spacial score (nSPS) is 19.2. The molecule has 1 N–H and O–H groups in total. The maximum atomic E-state index is 12.0. The molecule has 1 amide bonds. The number of amides is 1. The molecule has 0 aromatic carbocycles. The average Bonchev–Trinajstić information content (AvgIpc) is 2.39. The van der Waals surface area contributed by atoms with Gasteiger partial charge in [-0.3, -0.25) is 9.59 Å². The number of carbonyl (C=O) groups is 2. The van der Waals surface area contributed by atoms with Gasteiger partial charge in [0.1, 0.15) is 5.92 Å². The molecule has 2 heterocycles. The zero-order valence-corrected chi connectivity index (χ0v) is 11.0. The lowest BCUT2D eigenvalue weighted by Gasteiger charge is -2.31. The highest BCUT2D eigenvalue weighted by atomic mass is 16.5. The summed E-state index contributed by atoms with van der Waals surface area (Å²) >= 11 is 0. The number of pyridine rings is 1. The minimum absolute atomic E-state index is 0.0820. The number of nitrogens with one attached hydrogen (secondary N) is 1. The van der Waals surface area contributed by atoms with Crippen LogP contribution in [-0.2, 0) is 14.3 Å². The molecule has 0 saturated heterocycles. The Morgan fingerprint density at radius 1 is 1.53 bits per heavy atom. The molecule has 1 aromatic heterocycles. The van der Waals surface area contributed by atoms with Gasteiger partial charge in [-0.25, -0.2) is 4.98 Å². The number of ether oxygens (including phenoxy) is 2. The van der Waals surface area contributed by atoms with Crippen molar-refractivity contribution in [2.24, 2.45) is 11.8 Å². The smallest absolute Gasteiger partial charge is 0.313 e. The maximum absolute atomic E-state index is 12.0. The maximum Gasteiger partial charge on any atom is 0.313 e. The van der Waals surface area contributed by atoms with Gasteiger partial charge in [0.2, 0.25) is 0 Å². The number of fused-ring (bicyclic) bond motifs is 1. The van der Waals surface area contributed by atoms with E-state index in [1.54, 1.807) is 18.3 Å². The summed E-state index contributed by atoms with van der Waals surface area (Å²) in [6.07, 6.45) is 0.660. The molecule has 1 aliphatic rings.